The molecular weight excluding hydrogens is 247 g/mol. The molecular formula is C14H9FN2O2. The first kappa shape index (κ1) is 11.4. The number of carbonyl (C=O) groups excluding carboxylic acids is 1. The third kappa shape index (κ3) is 2.06. The summed E-state index contributed by atoms with van der Waals surface area (Å²) in [5, 5.41) is 0. The van der Waals surface area contributed by atoms with Gasteiger partial charge in [0, 0.05) is 18.0 Å². The summed E-state index contributed by atoms with van der Waals surface area (Å²) in [5.74, 6) is 0.268. The van der Waals surface area contributed by atoms with Gasteiger partial charge in [-0.05, 0) is 30.3 Å². The number of benzene rings is 1. The van der Waals surface area contributed by atoms with Gasteiger partial charge in [-0.15, -0.1) is 0 Å². The van der Waals surface area contributed by atoms with E-state index in [1.165, 1.54) is 12.1 Å². The van der Waals surface area contributed by atoms with E-state index in [-0.39, 0.29) is 11.6 Å². The highest BCUT2D eigenvalue weighted by molar-refractivity contribution is 5.75. The summed E-state index contributed by atoms with van der Waals surface area (Å²) in [7, 11) is 0. The van der Waals surface area contributed by atoms with Crippen molar-refractivity contribution in [3.05, 3.63) is 60.6 Å². The van der Waals surface area contributed by atoms with Crippen LogP contribution in [-0.2, 0) is 0 Å². The average molecular weight is 256 g/mol. The highest BCUT2D eigenvalue weighted by atomic mass is 19.1. The molecule has 0 aliphatic carbocycles. The zero-order valence-corrected chi connectivity index (χ0v) is 9.79. The van der Waals surface area contributed by atoms with Crippen molar-refractivity contribution in [2.24, 2.45) is 0 Å². The number of hydrogen-bond acceptors (Lipinski definition) is 3. The lowest BCUT2D eigenvalue weighted by Gasteiger charge is -2.08. The number of hydrogen-bond donors (Lipinski definition) is 0. The quantitative estimate of drug-likeness (QED) is 0.676. The number of rotatable bonds is 3. The summed E-state index contributed by atoms with van der Waals surface area (Å²) >= 11 is 0. The van der Waals surface area contributed by atoms with E-state index in [0.717, 1.165) is 5.69 Å². The Morgan fingerprint density at radius 1 is 1.26 bits per heavy atom. The zero-order valence-electron chi connectivity index (χ0n) is 9.79. The first-order valence-corrected chi connectivity index (χ1v) is 5.61. The van der Waals surface area contributed by atoms with Gasteiger partial charge in [-0.3, -0.25) is 4.79 Å². The molecule has 0 saturated heterocycles. The van der Waals surface area contributed by atoms with Gasteiger partial charge in [0.25, 0.3) is 0 Å². The van der Waals surface area contributed by atoms with Crippen molar-refractivity contribution < 1.29 is 13.6 Å². The van der Waals surface area contributed by atoms with Gasteiger partial charge in [-0.1, -0.05) is 0 Å². The maximum Gasteiger partial charge on any atom is 0.185 e. The van der Waals surface area contributed by atoms with Crippen molar-refractivity contribution in [2.75, 3.05) is 0 Å². The van der Waals surface area contributed by atoms with Gasteiger partial charge in [0.05, 0.1) is 12.0 Å². The summed E-state index contributed by atoms with van der Waals surface area (Å²) in [6.45, 7) is 0. The van der Waals surface area contributed by atoms with Gasteiger partial charge in [-0.2, -0.15) is 0 Å². The third-order valence-corrected chi connectivity index (χ3v) is 2.75. The summed E-state index contributed by atoms with van der Waals surface area (Å²) in [4.78, 5) is 14.6. The van der Waals surface area contributed by atoms with Crippen LogP contribution in [0.25, 0.3) is 17.0 Å². The minimum atomic E-state index is -0.372. The van der Waals surface area contributed by atoms with Crippen LogP contribution in [0.2, 0.25) is 0 Å². The topological polar surface area (TPSA) is 48.0 Å². The van der Waals surface area contributed by atoms with Crippen molar-refractivity contribution in [1.82, 2.24) is 9.55 Å². The Morgan fingerprint density at radius 2 is 2.16 bits per heavy atom. The van der Waals surface area contributed by atoms with Crippen molar-refractivity contribution in [3.63, 3.8) is 0 Å². The van der Waals surface area contributed by atoms with Crippen LogP contribution in [0.3, 0.4) is 0 Å². The Kier molecular flexibility index (Phi) is 2.72. The molecule has 0 amide bonds. The molecule has 2 heterocycles. The van der Waals surface area contributed by atoms with E-state index in [1.807, 2.05) is 0 Å². The fourth-order valence-electron chi connectivity index (χ4n) is 1.89. The van der Waals surface area contributed by atoms with Crippen LogP contribution in [0, 0.1) is 5.82 Å². The van der Waals surface area contributed by atoms with E-state index in [0.29, 0.717) is 17.6 Å². The smallest absolute Gasteiger partial charge is 0.185 e. The summed E-state index contributed by atoms with van der Waals surface area (Å²) in [6, 6.07) is 7.55. The number of aldehydes is 1. The maximum atomic E-state index is 13.4. The molecule has 0 aliphatic heterocycles. The van der Waals surface area contributed by atoms with Crippen LogP contribution in [0.5, 0.6) is 0 Å². The largest absolute Gasteiger partial charge is 0.453 e. The van der Waals surface area contributed by atoms with Gasteiger partial charge in [0.15, 0.2) is 12.0 Å². The summed E-state index contributed by atoms with van der Waals surface area (Å²) < 4.78 is 20.5. The lowest BCUT2D eigenvalue weighted by atomic mass is 10.1. The number of furan rings is 1. The molecule has 4 nitrogen and oxygen atoms in total. The lowest BCUT2D eigenvalue weighted by Crippen LogP contribution is -1.94. The minimum Gasteiger partial charge on any atom is -0.453 e. The number of nitrogens with zero attached hydrogens (tertiary/aromatic N) is 2. The van der Waals surface area contributed by atoms with Crippen LogP contribution >= 0.6 is 0 Å². The zero-order chi connectivity index (χ0) is 13.2. The molecule has 19 heavy (non-hydrogen) atoms. The van der Waals surface area contributed by atoms with Crippen LogP contribution in [0.1, 0.15) is 10.6 Å². The SMILES string of the molecule is O=Cc1ccc(-c2cc(F)ccc2-n2ccnc2)o1. The van der Waals surface area contributed by atoms with Crippen molar-refractivity contribution >= 4 is 6.29 Å². The monoisotopic (exact) mass is 256 g/mol. The number of imidazole rings is 1. The number of halogens is 1. The second kappa shape index (κ2) is 4.53. The van der Waals surface area contributed by atoms with E-state index in [1.54, 1.807) is 41.5 Å². The molecule has 5 heteroatoms. The van der Waals surface area contributed by atoms with Crippen molar-refractivity contribution in [1.29, 1.82) is 0 Å². The van der Waals surface area contributed by atoms with Gasteiger partial charge in [0.2, 0.25) is 0 Å². The Morgan fingerprint density at radius 3 is 2.84 bits per heavy atom. The predicted molar refractivity (Wildman–Crippen MR) is 66.6 cm³/mol. The minimum absolute atomic E-state index is 0.204. The first-order valence-electron chi connectivity index (χ1n) is 5.61. The molecule has 0 N–H and O–H groups in total. The van der Waals surface area contributed by atoms with Gasteiger partial charge in [0.1, 0.15) is 11.6 Å². The fourth-order valence-corrected chi connectivity index (χ4v) is 1.89. The molecule has 0 spiro atoms. The highest BCUT2D eigenvalue weighted by Crippen LogP contribution is 2.28. The molecule has 94 valence electrons. The standard InChI is InChI=1S/C14H9FN2O2/c15-10-1-3-13(17-6-5-16-9-17)12(7-10)14-4-2-11(8-18)19-14/h1-9H. The van der Waals surface area contributed by atoms with Crippen molar-refractivity contribution in [3.8, 4) is 17.0 Å². The van der Waals surface area contributed by atoms with E-state index in [9.17, 15) is 9.18 Å². The Hall–Kier alpha value is -2.69. The van der Waals surface area contributed by atoms with Gasteiger partial charge in [-0.25, -0.2) is 9.37 Å². The highest BCUT2D eigenvalue weighted by Gasteiger charge is 2.12. The molecule has 3 aromatic rings. The molecule has 3 rings (SSSR count). The molecule has 0 bridgehead atoms. The van der Waals surface area contributed by atoms with E-state index < -0.39 is 0 Å². The van der Waals surface area contributed by atoms with Crippen molar-refractivity contribution in [2.45, 2.75) is 0 Å². The fraction of sp³-hybridized carbons (Fsp3) is 0. The van der Waals surface area contributed by atoms with E-state index >= 15 is 0 Å². The lowest BCUT2D eigenvalue weighted by molar-refractivity contribution is 0.110. The predicted octanol–water partition coefficient (Wildman–Crippen LogP) is 3.08. The molecule has 0 fully saturated rings. The normalized spacial score (nSPS) is 10.6. The second-order valence-corrected chi connectivity index (χ2v) is 3.95. The van der Waals surface area contributed by atoms with Gasteiger partial charge >= 0.3 is 0 Å². The molecule has 1 aromatic carbocycles. The molecule has 2 aromatic heterocycles. The van der Waals surface area contributed by atoms with Crippen LogP contribution in [0.4, 0.5) is 4.39 Å². The second-order valence-electron chi connectivity index (χ2n) is 3.95. The van der Waals surface area contributed by atoms with Crippen LogP contribution < -0.4 is 0 Å². The van der Waals surface area contributed by atoms with E-state index in [2.05, 4.69) is 4.98 Å². The molecule has 0 unspecified atom stereocenters. The van der Waals surface area contributed by atoms with Crippen LogP contribution in [0.15, 0.2) is 53.5 Å². The summed E-state index contributed by atoms with van der Waals surface area (Å²) in [6.07, 6.45) is 5.60. The Balaban J connectivity index is 2.18. The summed E-state index contributed by atoms with van der Waals surface area (Å²) in [5.41, 5.74) is 1.29. The number of aromatic nitrogens is 2. The van der Waals surface area contributed by atoms with Gasteiger partial charge < -0.3 is 8.98 Å². The molecule has 0 saturated carbocycles. The molecule has 0 atom stereocenters. The number of carbonyl (C=O) groups is 1. The molecule has 0 radical (unpaired) electrons. The Bertz CT molecular complexity index is 717. The maximum absolute atomic E-state index is 13.4. The van der Waals surface area contributed by atoms with E-state index in [4.69, 9.17) is 4.42 Å². The third-order valence-electron chi connectivity index (χ3n) is 2.75. The molecule has 0 aliphatic rings. The Labute approximate surface area is 108 Å². The van der Waals surface area contributed by atoms with Crippen LogP contribution in [-0.4, -0.2) is 15.8 Å². The average Bonchev–Trinajstić information content (AvgIpc) is 3.10. The first-order chi connectivity index (χ1) is 9.28.